The smallest absolute Gasteiger partial charge is 0.326 e. The van der Waals surface area contributed by atoms with E-state index in [2.05, 4.69) is 10.6 Å². The van der Waals surface area contributed by atoms with Gasteiger partial charge in [0.05, 0.1) is 0 Å². The fraction of sp³-hybridized carbons (Fsp3) is 0.444. The van der Waals surface area contributed by atoms with Crippen molar-refractivity contribution >= 4 is 17.8 Å². The van der Waals surface area contributed by atoms with Crippen molar-refractivity contribution in [2.75, 3.05) is 0 Å². The van der Waals surface area contributed by atoms with Crippen molar-refractivity contribution in [3.05, 3.63) is 70.8 Å². The molecule has 3 aliphatic rings. The van der Waals surface area contributed by atoms with Crippen LogP contribution in [-0.4, -0.2) is 34.8 Å². The van der Waals surface area contributed by atoms with Gasteiger partial charge in [0.1, 0.15) is 11.6 Å². The van der Waals surface area contributed by atoms with Crippen molar-refractivity contribution in [3.63, 3.8) is 0 Å². The normalized spacial score (nSPS) is 23.8. The zero-order valence-corrected chi connectivity index (χ0v) is 19.3. The predicted octanol–water partition coefficient (Wildman–Crippen LogP) is 3.60. The lowest BCUT2D eigenvalue weighted by atomic mass is 9.80. The molecule has 1 heterocycles. The van der Waals surface area contributed by atoms with E-state index in [1.54, 1.807) is 0 Å². The van der Waals surface area contributed by atoms with Crippen LogP contribution in [0.1, 0.15) is 54.9 Å². The maximum Gasteiger partial charge on any atom is 0.326 e. The minimum absolute atomic E-state index is 0.0215. The maximum absolute atomic E-state index is 13.9. The van der Waals surface area contributed by atoms with E-state index >= 15 is 0 Å². The van der Waals surface area contributed by atoms with Crippen LogP contribution in [0, 0.1) is 12.8 Å². The van der Waals surface area contributed by atoms with E-state index in [4.69, 9.17) is 0 Å². The molecule has 172 valence electrons. The van der Waals surface area contributed by atoms with E-state index < -0.39 is 17.6 Å². The summed E-state index contributed by atoms with van der Waals surface area (Å²) in [6, 6.07) is 14.3. The van der Waals surface area contributed by atoms with Gasteiger partial charge >= 0.3 is 6.03 Å². The lowest BCUT2D eigenvalue weighted by Gasteiger charge is -2.34. The van der Waals surface area contributed by atoms with Gasteiger partial charge in [-0.15, -0.1) is 0 Å². The SMILES string of the molecule is Cc1cccc(CC(C(=O)N[C@@H](C)C2CCC2)N2C(=O)N[C@]3(CCc4ccccc43)C2=O)c1. The van der Waals surface area contributed by atoms with E-state index in [-0.39, 0.29) is 17.9 Å². The molecule has 4 amide bonds. The lowest BCUT2D eigenvalue weighted by Crippen LogP contribution is -2.54. The summed E-state index contributed by atoms with van der Waals surface area (Å²) in [6.45, 7) is 4.02. The van der Waals surface area contributed by atoms with Crippen LogP contribution in [0.25, 0.3) is 0 Å². The summed E-state index contributed by atoms with van der Waals surface area (Å²) in [5, 5.41) is 6.09. The average Bonchev–Trinajstić information content (AvgIpc) is 3.23. The Hall–Kier alpha value is -3.15. The zero-order chi connectivity index (χ0) is 23.2. The van der Waals surface area contributed by atoms with E-state index in [9.17, 15) is 14.4 Å². The molecule has 2 N–H and O–H groups in total. The summed E-state index contributed by atoms with van der Waals surface area (Å²) in [5.74, 6) is -0.117. The molecule has 0 aromatic heterocycles. The molecule has 1 saturated heterocycles. The minimum Gasteiger partial charge on any atom is -0.352 e. The maximum atomic E-state index is 13.9. The number of aryl methyl sites for hydroxylation is 2. The van der Waals surface area contributed by atoms with Gasteiger partial charge in [0.2, 0.25) is 5.91 Å². The Kier molecular flexibility index (Phi) is 5.47. The number of hydrogen-bond donors (Lipinski definition) is 2. The van der Waals surface area contributed by atoms with Gasteiger partial charge in [0.25, 0.3) is 5.91 Å². The van der Waals surface area contributed by atoms with Crippen LogP contribution in [0.15, 0.2) is 48.5 Å². The van der Waals surface area contributed by atoms with Gasteiger partial charge in [-0.2, -0.15) is 0 Å². The van der Waals surface area contributed by atoms with Crippen LogP contribution in [0.2, 0.25) is 0 Å². The molecule has 6 heteroatoms. The van der Waals surface area contributed by atoms with E-state index in [0.717, 1.165) is 41.5 Å². The van der Waals surface area contributed by atoms with E-state index in [1.165, 1.54) is 11.3 Å². The van der Waals surface area contributed by atoms with Gasteiger partial charge in [-0.05, 0) is 62.1 Å². The number of nitrogens with one attached hydrogen (secondary N) is 2. The average molecular weight is 446 g/mol. The molecule has 0 radical (unpaired) electrons. The molecule has 33 heavy (non-hydrogen) atoms. The number of urea groups is 1. The highest BCUT2D eigenvalue weighted by molar-refractivity contribution is 6.10. The van der Waals surface area contributed by atoms with Gasteiger partial charge in [0.15, 0.2) is 0 Å². The van der Waals surface area contributed by atoms with Crippen LogP contribution in [-0.2, 0) is 28.0 Å². The molecule has 6 nitrogen and oxygen atoms in total. The summed E-state index contributed by atoms with van der Waals surface area (Å²) in [7, 11) is 0. The van der Waals surface area contributed by atoms with Crippen LogP contribution in [0.3, 0.4) is 0 Å². The summed E-state index contributed by atoms with van der Waals surface area (Å²) < 4.78 is 0. The molecular formula is C27H31N3O3. The molecule has 2 aromatic rings. The Morgan fingerprint density at radius 2 is 1.97 bits per heavy atom. The number of fused-ring (bicyclic) bond motifs is 2. The minimum atomic E-state index is -1.07. The van der Waals surface area contributed by atoms with Crippen molar-refractivity contribution < 1.29 is 14.4 Å². The third kappa shape index (κ3) is 3.71. The predicted molar refractivity (Wildman–Crippen MR) is 125 cm³/mol. The molecule has 1 unspecified atom stereocenters. The highest BCUT2D eigenvalue weighted by Gasteiger charge is 2.57. The highest BCUT2D eigenvalue weighted by Crippen LogP contribution is 2.42. The van der Waals surface area contributed by atoms with Crippen LogP contribution < -0.4 is 10.6 Å². The largest absolute Gasteiger partial charge is 0.352 e. The number of rotatable bonds is 6. The molecule has 0 bridgehead atoms. The molecule has 2 aromatic carbocycles. The molecule has 1 spiro atoms. The number of carbonyl (C=O) groups is 3. The first kappa shape index (κ1) is 21.7. The Morgan fingerprint density at radius 3 is 2.70 bits per heavy atom. The Labute approximate surface area is 194 Å². The zero-order valence-electron chi connectivity index (χ0n) is 19.3. The quantitative estimate of drug-likeness (QED) is 0.667. The van der Waals surface area contributed by atoms with Crippen molar-refractivity contribution in [2.45, 2.75) is 70.0 Å². The number of carbonyl (C=O) groups excluding carboxylic acids is 3. The third-order valence-corrected chi connectivity index (χ3v) is 7.72. The number of hydrogen-bond acceptors (Lipinski definition) is 3. The first-order valence-corrected chi connectivity index (χ1v) is 12.0. The first-order valence-electron chi connectivity index (χ1n) is 12.0. The van der Waals surface area contributed by atoms with Crippen LogP contribution >= 0.6 is 0 Å². The number of amides is 4. The second-order valence-corrected chi connectivity index (χ2v) is 9.87. The Bertz CT molecular complexity index is 1110. The Balaban J connectivity index is 1.47. The fourth-order valence-corrected chi connectivity index (χ4v) is 5.58. The molecule has 3 atom stereocenters. The molecule has 5 rings (SSSR count). The van der Waals surface area contributed by atoms with Gasteiger partial charge in [0, 0.05) is 12.5 Å². The summed E-state index contributed by atoms with van der Waals surface area (Å²) in [5.41, 5.74) is 2.86. The summed E-state index contributed by atoms with van der Waals surface area (Å²) in [4.78, 5) is 41.8. The van der Waals surface area contributed by atoms with Gasteiger partial charge in [-0.1, -0.05) is 60.5 Å². The highest BCUT2D eigenvalue weighted by atomic mass is 16.2. The van der Waals surface area contributed by atoms with Gasteiger partial charge in [-0.3, -0.25) is 9.59 Å². The lowest BCUT2D eigenvalue weighted by molar-refractivity contribution is -0.139. The van der Waals surface area contributed by atoms with Crippen LogP contribution in [0.4, 0.5) is 4.79 Å². The van der Waals surface area contributed by atoms with Crippen LogP contribution in [0.5, 0.6) is 0 Å². The molecular weight excluding hydrogens is 414 g/mol. The van der Waals surface area contributed by atoms with Crippen molar-refractivity contribution in [3.8, 4) is 0 Å². The number of benzene rings is 2. The van der Waals surface area contributed by atoms with Gasteiger partial charge < -0.3 is 10.6 Å². The van der Waals surface area contributed by atoms with Gasteiger partial charge in [-0.25, -0.2) is 9.69 Å². The standard InChI is InChI=1S/C27H31N3O3/c1-17-7-5-8-19(15-17)16-23(24(31)28-18(2)20-10-6-11-20)30-25(32)27(29-26(30)33)14-13-21-9-3-4-12-22(21)27/h3-5,7-9,12,15,18,20,23H,6,10-11,13-14,16H2,1-2H3,(H,28,31)(H,29,33)/t18-,23?,27-/m0/s1. The first-order chi connectivity index (χ1) is 15.9. The second kappa shape index (κ2) is 8.32. The Morgan fingerprint density at radius 1 is 1.18 bits per heavy atom. The molecule has 2 fully saturated rings. The number of imide groups is 1. The molecule has 1 saturated carbocycles. The topological polar surface area (TPSA) is 78.5 Å². The fourth-order valence-electron chi connectivity index (χ4n) is 5.58. The van der Waals surface area contributed by atoms with Crippen molar-refractivity contribution in [1.29, 1.82) is 0 Å². The monoisotopic (exact) mass is 445 g/mol. The second-order valence-electron chi connectivity index (χ2n) is 9.87. The number of nitrogens with zero attached hydrogens (tertiary/aromatic N) is 1. The van der Waals surface area contributed by atoms with Crippen molar-refractivity contribution in [1.82, 2.24) is 15.5 Å². The molecule has 1 aliphatic heterocycles. The van der Waals surface area contributed by atoms with E-state index in [1.807, 2.05) is 62.4 Å². The van der Waals surface area contributed by atoms with Crippen molar-refractivity contribution in [2.24, 2.45) is 5.92 Å². The summed E-state index contributed by atoms with van der Waals surface area (Å²) >= 11 is 0. The third-order valence-electron chi connectivity index (χ3n) is 7.72. The molecule has 2 aliphatic carbocycles. The summed E-state index contributed by atoms with van der Waals surface area (Å²) in [6.07, 6.45) is 4.93. The van der Waals surface area contributed by atoms with E-state index in [0.29, 0.717) is 18.8 Å².